The molecule has 1 rings (SSSR count). The van der Waals surface area contributed by atoms with Crippen LogP contribution in [0.2, 0.25) is 0 Å². The van der Waals surface area contributed by atoms with E-state index in [1.165, 1.54) is 6.92 Å². The smallest absolute Gasteiger partial charge is 0.423 e. The predicted molar refractivity (Wildman–Crippen MR) is 58.1 cm³/mol. The second-order valence-corrected chi connectivity index (χ2v) is 4.81. The van der Waals surface area contributed by atoms with Crippen LogP contribution in [0.15, 0.2) is 0 Å². The van der Waals surface area contributed by atoms with Gasteiger partial charge in [-0.1, -0.05) is 0 Å². The van der Waals surface area contributed by atoms with Gasteiger partial charge in [0.15, 0.2) is 0 Å². The topological polar surface area (TPSA) is 61.5 Å². The lowest BCUT2D eigenvalue weighted by molar-refractivity contribution is -0.324. The zero-order valence-electron chi connectivity index (χ0n) is 11.1. The first-order valence-corrected chi connectivity index (χ1v) is 6.14. The van der Waals surface area contributed by atoms with Crippen LogP contribution in [0, 0.1) is 5.92 Å². The van der Waals surface area contributed by atoms with E-state index in [1.807, 2.05) is 0 Å². The van der Waals surface area contributed by atoms with E-state index in [-0.39, 0.29) is 6.61 Å². The van der Waals surface area contributed by atoms with Gasteiger partial charge in [0.25, 0.3) is 0 Å². The van der Waals surface area contributed by atoms with Gasteiger partial charge in [-0.3, -0.25) is 0 Å². The normalized spacial score (nSPS) is 19.5. The van der Waals surface area contributed by atoms with Gasteiger partial charge in [0.05, 0.1) is 13.2 Å². The Labute approximate surface area is 116 Å². The fourth-order valence-electron chi connectivity index (χ4n) is 1.80. The van der Waals surface area contributed by atoms with Crippen molar-refractivity contribution in [1.29, 1.82) is 0 Å². The molecule has 1 atom stereocenters. The van der Waals surface area contributed by atoms with Crippen molar-refractivity contribution in [3.8, 4) is 0 Å². The molecule has 1 fully saturated rings. The quantitative estimate of drug-likeness (QED) is 0.601. The van der Waals surface area contributed by atoms with Gasteiger partial charge < -0.3 is 15.2 Å². The van der Waals surface area contributed by atoms with Crippen LogP contribution in [-0.4, -0.2) is 43.2 Å². The van der Waals surface area contributed by atoms with Crippen molar-refractivity contribution in [3.05, 3.63) is 0 Å². The summed E-state index contributed by atoms with van der Waals surface area (Å²) < 4.78 is 82.7. The van der Waals surface area contributed by atoms with Crippen molar-refractivity contribution in [2.45, 2.75) is 43.8 Å². The molecule has 0 bridgehead atoms. The maximum atomic E-state index is 12.4. The van der Waals surface area contributed by atoms with E-state index >= 15 is 0 Å². The molecular weight excluding hydrogens is 308 g/mol. The van der Waals surface area contributed by atoms with Crippen molar-refractivity contribution in [2.24, 2.45) is 11.7 Å². The van der Waals surface area contributed by atoms with Gasteiger partial charge in [0.1, 0.15) is 5.54 Å². The number of nitrogens with two attached hydrogens (primary N) is 1. The van der Waals surface area contributed by atoms with Crippen LogP contribution in [0.3, 0.4) is 0 Å². The Kier molecular flexibility index (Phi) is 5.14. The molecule has 0 amide bonds. The standard InChI is InChI=1S/C11H15F6NO3/c1-2-20-8(19)9(18,6-3-4-6)5-21-7(10(12,13)14)11(15,16)17/h6-7H,2-5,18H2,1H3. The summed E-state index contributed by atoms with van der Waals surface area (Å²) in [5.41, 5.74) is 3.64. The maximum Gasteiger partial charge on any atom is 0.423 e. The Morgan fingerprint density at radius 2 is 1.67 bits per heavy atom. The van der Waals surface area contributed by atoms with Gasteiger partial charge in [0.2, 0.25) is 6.10 Å². The van der Waals surface area contributed by atoms with Crippen molar-refractivity contribution in [2.75, 3.05) is 13.2 Å². The van der Waals surface area contributed by atoms with E-state index < -0.39 is 42.5 Å². The van der Waals surface area contributed by atoms with Gasteiger partial charge in [-0.15, -0.1) is 0 Å². The predicted octanol–water partition coefficient (Wildman–Crippen LogP) is 2.17. The number of carbonyl (C=O) groups excluding carboxylic acids is 1. The Bertz CT molecular complexity index is 365. The third-order valence-electron chi connectivity index (χ3n) is 3.04. The molecule has 1 aliphatic carbocycles. The minimum Gasteiger partial charge on any atom is -0.465 e. The van der Waals surface area contributed by atoms with Crippen LogP contribution in [-0.2, 0) is 14.3 Å². The molecule has 10 heteroatoms. The molecule has 1 saturated carbocycles. The van der Waals surface area contributed by atoms with Gasteiger partial charge in [-0.25, -0.2) is 4.79 Å². The summed E-state index contributed by atoms with van der Waals surface area (Å²) in [4.78, 5) is 11.7. The highest BCUT2D eigenvalue weighted by atomic mass is 19.4. The van der Waals surface area contributed by atoms with E-state index in [4.69, 9.17) is 5.73 Å². The average molecular weight is 323 g/mol. The molecule has 2 N–H and O–H groups in total. The molecule has 1 unspecified atom stereocenters. The molecule has 1 aliphatic rings. The van der Waals surface area contributed by atoms with E-state index in [9.17, 15) is 31.1 Å². The molecule has 0 aromatic heterocycles. The lowest BCUT2D eigenvalue weighted by Crippen LogP contribution is -2.57. The van der Waals surface area contributed by atoms with Gasteiger partial charge in [0, 0.05) is 0 Å². The van der Waals surface area contributed by atoms with Crippen LogP contribution in [0.1, 0.15) is 19.8 Å². The number of halogens is 6. The number of carbonyl (C=O) groups is 1. The van der Waals surface area contributed by atoms with Crippen LogP contribution >= 0.6 is 0 Å². The van der Waals surface area contributed by atoms with Gasteiger partial charge >= 0.3 is 18.3 Å². The molecule has 0 aromatic carbocycles. The first-order valence-electron chi connectivity index (χ1n) is 6.14. The Balaban J connectivity index is 2.82. The molecule has 0 heterocycles. The molecule has 0 spiro atoms. The number of esters is 1. The van der Waals surface area contributed by atoms with Crippen molar-refractivity contribution < 1.29 is 40.6 Å². The molecule has 0 aromatic rings. The highest BCUT2D eigenvalue weighted by molar-refractivity contribution is 5.81. The second-order valence-electron chi connectivity index (χ2n) is 4.81. The second kappa shape index (κ2) is 5.99. The van der Waals surface area contributed by atoms with E-state index in [1.54, 1.807) is 0 Å². The van der Waals surface area contributed by atoms with E-state index in [0.717, 1.165) is 0 Å². The molecule has 0 aliphatic heterocycles. The largest absolute Gasteiger partial charge is 0.465 e. The average Bonchev–Trinajstić information content (AvgIpc) is 3.09. The molecule has 0 saturated heterocycles. The minimum atomic E-state index is -5.64. The summed E-state index contributed by atoms with van der Waals surface area (Å²) in [6, 6.07) is 0. The summed E-state index contributed by atoms with van der Waals surface area (Å²) >= 11 is 0. The molecule has 4 nitrogen and oxygen atoms in total. The number of hydrogen-bond acceptors (Lipinski definition) is 4. The zero-order chi connectivity index (χ0) is 16.5. The minimum absolute atomic E-state index is 0.0908. The highest BCUT2D eigenvalue weighted by Gasteiger charge is 2.60. The summed E-state index contributed by atoms with van der Waals surface area (Å²) in [6.07, 6.45) is -14.4. The highest BCUT2D eigenvalue weighted by Crippen LogP contribution is 2.41. The Morgan fingerprint density at radius 3 is 2.00 bits per heavy atom. The first kappa shape index (κ1) is 18.0. The van der Waals surface area contributed by atoms with Crippen LogP contribution in [0.5, 0.6) is 0 Å². The fourth-order valence-corrected chi connectivity index (χ4v) is 1.80. The van der Waals surface area contributed by atoms with Crippen LogP contribution in [0.4, 0.5) is 26.3 Å². The Morgan fingerprint density at radius 1 is 1.19 bits per heavy atom. The summed E-state index contributed by atoms with van der Waals surface area (Å²) in [5.74, 6) is -1.60. The maximum absolute atomic E-state index is 12.4. The Hall–Kier alpha value is -1.03. The number of rotatable bonds is 6. The van der Waals surface area contributed by atoms with Crippen LogP contribution < -0.4 is 5.73 Å². The van der Waals surface area contributed by atoms with Crippen molar-refractivity contribution in [1.82, 2.24) is 0 Å². The zero-order valence-corrected chi connectivity index (χ0v) is 11.1. The molecule has 0 radical (unpaired) electrons. The SMILES string of the molecule is CCOC(=O)C(N)(COC(C(F)(F)F)C(F)(F)F)C1CC1. The van der Waals surface area contributed by atoms with E-state index in [0.29, 0.717) is 12.8 Å². The molecule has 124 valence electrons. The number of hydrogen-bond donors (Lipinski definition) is 1. The number of alkyl halides is 6. The third-order valence-corrected chi connectivity index (χ3v) is 3.04. The third kappa shape index (κ3) is 4.47. The van der Waals surface area contributed by atoms with Gasteiger partial charge in [-0.2, -0.15) is 26.3 Å². The summed E-state index contributed by atoms with van der Waals surface area (Å²) in [6.45, 7) is 0.146. The van der Waals surface area contributed by atoms with Crippen LogP contribution in [0.25, 0.3) is 0 Å². The lowest BCUT2D eigenvalue weighted by Gasteiger charge is -2.30. The van der Waals surface area contributed by atoms with Gasteiger partial charge in [-0.05, 0) is 25.7 Å². The van der Waals surface area contributed by atoms with Crippen molar-refractivity contribution in [3.63, 3.8) is 0 Å². The molecule has 21 heavy (non-hydrogen) atoms. The first-order chi connectivity index (χ1) is 9.43. The van der Waals surface area contributed by atoms with E-state index in [2.05, 4.69) is 9.47 Å². The lowest BCUT2D eigenvalue weighted by atomic mass is 9.95. The molecular formula is C11H15F6NO3. The van der Waals surface area contributed by atoms with Crippen molar-refractivity contribution >= 4 is 5.97 Å². The number of ether oxygens (including phenoxy) is 2. The summed E-state index contributed by atoms with van der Waals surface area (Å²) in [5, 5.41) is 0. The fraction of sp³-hybridized carbons (Fsp3) is 0.909. The monoisotopic (exact) mass is 323 g/mol. The summed E-state index contributed by atoms with van der Waals surface area (Å²) in [7, 11) is 0.